The molecule has 3 rings (SSSR count). The highest BCUT2D eigenvalue weighted by Gasteiger charge is 2.34. The van der Waals surface area contributed by atoms with Crippen LogP contribution >= 0.6 is 0 Å². The highest BCUT2D eigenvalue weighted by molar-refractivity contribution is 5.93. The zero-order valence-corrected chi connectivity index (χ0v) is 11.4. The Morgan fingerprint density at radius 1 is 1.35 bits per heavy atom. The van der Waals surface area contributed by atoms with Crippen molar-refractivity contribution in [2.24, 2.45) is 5.73 Å². The Hall–Kier alpha value is -1.62. The summed E-state index contributed by atoms with van der Waals surface area (Å²) in [6.45, 7) is 1.92. The Bertz CT molecular complexity index is 514. The first-order chi connectivity index (χ1) is 9.66. The van der Waals surface area contributed by atoms with Crippen molar-refractivity contribution >= 4 is 11.6 Å². The first kappa shape index (κ1) is 13.4. The maximum Gasteiger partial charge on any atom is 0.248 e. The van der Waals surface area contributed by atoms with Gasteiger partial charge in [-0.1, -0.05) is 0 Å². The molecule has 5 heteroatoms. The number of carbonyl (C=O) groups is 1. The fourth-order valence-corrected chi connectivity index (χ4v) is 3.44. The molecule has 2 fully saturated rings. The fraction of sp³-hybridized carbons (Fsp3) is 0.533. The molecule has 0 bridgehead atoms. The van der Waals surface area contributed by atoms with E-state index in [1.165, 1.54) is 12.5 Å². The molecule has 2 heterocycles. The van der Waals surface area contributed by atoms with Gasteiger partial charge in [0.1, 0.15) is 5.82 Å². The Balaban J connectivity index is 1.85. The minimum atomic E-state index is -0.592. The zero-order chi connectivity index (χ0) is 14.1. The summed E-state index contributed by atoms with van der Waals surface area (Å²) in [7, 11) is 0. The van der Waals surface area contributed by atoms with Crippen LogP contribution in [0.4, 0.5) is 10.1 Å². The van der Waals surface area contributed by atoms with Gasteiger partial charge in [-0.2, -0.15) is 0 Å². The summed E-state index contributed by atoms with van der Waals surface area (Å²) >= 11 is 0. The van der Waals surface area contributed by atoms with Crippen molar-refractivity contribution in [3.05, 3.63) is 29.6 Å². The lowest BCUT2D eigenvalue weighted by Gasteiger charge is -2.31. The SMILES string of the molecule is NC(=O)c1ccc(N2CCCC2C2CCCN2)c(F)c1. The van der Waals surface area contributed by atoms with Gasteiger partial charge in [0.05, 0.1) is 5.69 Å². The van der Waals surface area contributed by atoms with Crippen LogP contribution in [-0.2, 0) is 0 Å². The molecule has 2 unspecified atom stereocenters. The van der Waals surface area contributed by atoms with Gasteiger partial charge in [0.15, 0.2) is 0 Å². The van der Waals surface area contributed by atoms with E-state index in [9.17, 15) is 9.18 Å². The maximum absolute atomic E-state index is 14.3. The first-order valence-electron chi connectivity index (χ1n) is 7.26. The number of nitrogens with one attached hydrogen (secondary N) is 1. The van der Waals surface area contributed by atoms with E-state index < -0.39 is 5.91 Å². The number of amides is 1. The van der Waals surface area contributed by atoms with E-state index >= 15 is 0 Å². The number of rotatable bonds is 3. The molecule has 0 spiro atoms. The van der Waals surface area contributed by atoms with Crippen molar-refractivity contribution in [1.82, 2.24) is 5.32 Å². The molecule has 1 aromatic rings. The number of halogens is 1. The number of hydrogen-bond acceptors (Lipinski definition) is 3. The highest BCUT2D eigenvalue weighted by atomic mass is 19.1. The van der Waals surface area contributed by atoms with E-state index in [-0.39, 0.29) is 11.4 Å². The third kappa shape index (κ3) is 2.38. The lowest BCUT2D eigenvalue weighted by Crippen LogP contribution is -2.44. The Morgan fingerprint density at radius 3 is 2.85 bits per heavy atom. The molecule has 2 aliphatic rings. The summed E-state index contributed by atoms with van der Waals surface area (Å²) in [5.74, 6) is -0.947. The van der Waals surface area contributed by atoms with Gasteiger partial charge < -0.3 is 16.0 Å². The number of benzene rings is 1. The number of anilines is 1. The van der Waals surface area contributed by atoms with Gasteiger partial charge in [0.25, 0.3) is 0 Å². The number of carbonyl (C=O) groups excluding carboxylic acids is 1. The van der Waals surface area contributed by atoms with Crippen LogP contribution in [0.5, 0.6) is 0 Å². The number of nitrogens with zero attached hydrogens (tertiary/aromatic N) is 1. The predicted molar refractivity (Wildman–Crippen MR) is 76.3 cm³/mol. The first-order valence-corrected chi connectivity index (χ1v) is 7.26. The molecule has 1 amide bonds. The second kappa shape index (κ2) is 5.40. The predicted octanol–water partition coefficient (Wildman–Crippen LogP) is 1.65. The molecule has 108 valence electrons. The second-order valence-electron chi connectivity index (χ2n) is 5.64. The van der Waals surface area contributed by atoms with Gasteiger partial charge in [-0.3, -0.25) is 4.79 Å². The van der Waals surface area contributed by atoms with Gasteiger partial charge in [-0.15, -0.1) is 0 Å². The van der Waals surface area contributed by atoms with Crippen molar-refractivity contribution < 1.29 is 9.18 Å². The summed E-state index contributed by atoms with van der Waals surface area (Å²) < 4.78 is 14.3. The molecule has 0 radical (unpaired) electrons. The quantitative estimate of drug-likeness (QED) is 0.883. The number of nitrogens with two attached hydrogens (primary N) is 1. The molecule has 0 aliphatic carbocycles. The molecular weight excluding hydrogens is 257 g/mol. The second-order valence-corrected chi connectivity index (χ2v) is 5.64. The monoisotopic (exact) mass is 277 g/mol. The normalized spacial score (nSPS) is 26.1. The molecule has 0 saturated carbocycles. The molecule has 2 atom stereocenters. The minimum Gasteiger partial charge on any atom is -0.366 e. The van der Waals surface area contributed by atoms with E-state index in [4.69, 9.17) is 5.73 Å². The van der Waals surface area contributed by atoms with E-state index in [0.717, 1.165) is 32.4 Å². The molecule has 2 aliphatic heterocycles. The molecule has 0 aromatic heterocycles. The van der Waals surface area contributed by atoms with Crippen LogP contribution in [0.25, 0.3) is 0 Å². The lowest BCUT2D eigenvalue weighted by molar-refractivity contribution is 0.1000. The van der Waals surface area contributed by atoms with Gasteiger partial charge in [-0.05, 0) is 50.4 Å². The van der Waals surface area contributed by atoms with Crippen molar-refractivity contribution in [1.29, 1.82) is 0 Å². The Kier molecular flexibility index (Phi) is 3.61. The summed E-state index contributed by atoms with van der Waals surface area (Å²) in [4.78, 5) is 13.2. The topological polar surface area (TPSA) is 58.4 Å². The summed E-state index contributed by atoms with van der Waals surface area (Å²) in [5, 5.41) is 3.51. The lowest BCUT2D eigenvalue weighted by atomic mass is 10.0. The Labute approximate surface area is 118 Å². The van der Waals surface area contributed by atoms with Gasteiger partial charge in [-0.25, -0.2) is 4.39 Å². The van der Waals surface area contributed by atoms with Crippen LogP contribution in [0.15, 0.2) is 18.2 Å². The maximum atomic E-state index is 14.3. The van der Waals surface area contributed by atoms with Crippen LogP contribution in [0.3, 0.4) is 0 Å². The van der Waals surface area contributed by atoms with Crippen molar-refractivity contribution in [2.45, 2.75) is 37.8 Å². The highest BCUT2D eigenvalue weighted by Crippen LogP contribution is 2.32. The van der Waals surface area contributed by atoms with E-state index in [0.29, 0.717) is 17.8 Å². The van der Waals surface area contributed by atoms with E-state index in [1.807, 2.05) is 0 Å². The molecular formula is C15H20FN3O. The number of hydrogen-bond donors (Lipinski definition) is 2. The smallest absolute Gasteiger partial charge is 0.248 e. The van der Waals surface area contributed by atoms with Crippen molar-refractivity contribution in [3.63, 3.8) is 0 Å². The van der Waals surface area contributed by atoms with Gasteiger partial charge in [0, 0.05) is 24.2 Å². The molecule has 1 aromatic carbocycles. The van der Waals surface area contributed by atoms with Crippen LogP contribution < -0.4 is 16.0 Å². The molecule has 3 N–H and O–H groups in total. The average molecular weight is 277 g/mol. The average Bonchev–Trinajstić information content (AvgIpc) is 3.09. The van der Waals surface area contributed by atoms with Crippen LogP contribution in [0.1, 0.15) is 36.0 Å². The molecule has 20 heavy (non-hydrogen) atoms. The zero-order valence-electron chi connectivity index (χ0n) is 11.4. The van der Waals surface area contributed by atoms with Crippen molar-refractivity contribution in [2.75, 3.05) is 18.0 Å². The van der Waals surface area contributed by atoms with Crippen molar-refractivity contribution in [3.8, 4) is 0 Å². The van der Waals surface area contributed by atoms with E-state index in [2.05, 4.69) is 10.2 Å². The van der Waals surface area contributed by atoms with Crippen LogP contribution in [0, 0.1) is 5.82 Å². The third-order valence-electron chi connectivity index (χ3n) is 4.40. The van der Waals surface area contributed by atoms with E-state index in [1.54, 1.807) is 12.1 Å². The summed E-state index contributed by atoms with van der Waals surface area (Å²) in [6.07, 6.45) is 4.52. The largest absolute Gasteiger partial charge is 0.366 e. The van der Waals surface area contributed by atoms with Gasteiger partial charge >= 0.3 is 0 Å². The molecule has 4 nitrogen and oxygen atoms in total. The molecule has 2 saturated heterocycles. The summed E-state index contributed by atoms with van der Waals surface area (Å²) in [5.41, 5.74) is 6.00. The third-order valence-corrected chi connectivity index (χ3v) is 4.40. The summed E-state index contributed by atoms with van der Waals surface area (Å²) in [6, 6.07) is 5.34. The number of primary amides is 1. The minimum absolute atomic E-state index is 0.223. The standard InChI is InChI=1S/C15H20FN3O/c16-11-9-10(15(17)20)5-6-13(11)19-8-2-4-14(19)12-3-1-7-18-12/h5-6,9,12,14,18H,1-4,7-8H2,(H2,17,20). The Morgan fingerprint density at radius 2 is 2.20 bits per heavy atom. The van der Waals surface area contributed by atoms with Crippen LogP contribution in [-0.4, -0.2) is 31.1 Å². The van der Waals surface area contributed by atoms with Gasteiger partial charge in [0.2, 0.25) is 5.91 Å². The fourth-order valence-electron chi connectivity index (χ4n) is 3.44. The van der Waals surface area contributed by atoms with Crippen LogP contribution in [0.2, 0.25) is 0 Å².